The van der Waals surface area contributed by atoms with Crippen LogP contribution in [0.15, 0.2) is 24.3 Å². The van der Waals surface area contributed by atoms with Crippen molar-refractivity contribution >= 4 is 5.91 Å². The molecule has 0 N–H and O–H groups in total. The Hall–Kier alpha value is -1.59. The van der Waals surface area contributed by atoms with Gasteiger partial charge in [0.25, 0.3) is 0 Å². The molecular formula is C16H24N2O3. The Bertz CT molecular complexity index is 478. The van der Waals surface area contributed by atoms with Crippen LogP contribution in [-0.4, -0.2) is 69.3 Å². The van der Waals surface area contributed by atoms with Crippen molar-refractivity contribution in [3.05, 3.63) is 29.8 Å². The zero-order valence-corrected chi connectivity index (χ0v) is 13.0. The third-order valence-electron chi connectivity index (χ3n) is 3.78. The minimum absolute atomic E-state index is 0.0799. The summed E-state index contributed by atoms with van der Waals surface area (Å²) in [7, 11) is 5.53. The molecule has 1 saturated heterocycles. The molecule has 0 bridgehead atoms. The highest BCUT2D eigenvalue weighted by Crippen LogP contribution is 2.18. The minimum atomic E-state index is 0.0799. The molecule has 0 aliphatic carbocycles. The van der Waals surface area contributed by atoms with E-state index in [2.05, 4.69) is 11.9 Å². The lowest BCUT2D eigenvalue weighted by Gasteiger charge is -2.32. The van der Waals surface area contributed by atoms with E-state index in [1.54, 1.807) is 12.0 Å². The molecule has 0 aromatic heterocycles. The first-order valence-electron chi connectivity index (χ1n) is 7.26. The number of likely N-dealkylation sites (N-methyl/N-ethyl adjacent to an activating group) is 2. The number of amides is 1. The summed E-state index contributed by atoms with van der Waals surface area (Å²) in [5.74, 6) is 0.837. The van der Waals surface area contributed by atoms with Crippen LogP contribution < -0.4 is 4.74 Å². The van der Waals surface area contributed by atoms with Gasteiger partial charge < -0.3 is 19.3 Å². The highest BCUT2D eigenvalue weighted by molar-refractivity contribution is 5.79. The fourth-order valence-corrected chi connectivity index (χ4v) is 2.53. The number of carbonyl (C=O) groups is 1. The van der Waals surface area contributed by atoms with Crippen LogP contribution in [0.5, 0.6) is 5.75 Å². The van der Waals surface area contributed by atoms with Gasteiger partial charge in [0, 0.05) is 32.2 Å². The Morgan fingerprint density at radius 2 is 2.24 bits per heavy atom. The predicted octanol–water partition coefficient (Wildman–Crippen LogP) is 1.03. The first-order valence-corrected chi connectivity index (χ1v) is 7.26. The van der Waals surface area contributed by atoms with Crippen molar-refractivity contribution in [1.82, 2.24) is 9.80 Å². The van der Waals surface area contributed by atoms with E-state index in [0.717, 1.165) is 31.0 Å². The second-order valence-electron chi connectivity index (χ2n) is 5.52. The van der Waals surface area contributed by atoms with Gasteiger partial charge in [-0.2, -0.15) is 0 Å². The molecule has 5 nitrogen and oxygen atoms in total. The largest absolute Gasteiger partial charge is 0.496 e. The van der Waals surface area contributed by atoms with Crippen LogP contribution in [-0.2, 0) is 16.0 Å². The number of benzene rings is 1. The van der Waals surface area contributed by atoms with Crippen LogP contribution in [0.25, 0.3) is 0 Å². The van der Waals surface area contributed by atoms with E-state index in [4.69, 9.17) is 9.47 Å². The molecule has 1 unspecified atom stereocenters. The van der Waals surface area contributed by atoms with Gasteiger partial charge >= 0.3 is 0 Å². The minimum Gasteiger partial charge on any atom is -0.496 e. The Morgan fingerprint density at radius 3 is 2.95 bits per heavy atom. The van der Waals surface area contributed by atoms with Crippen LogP contribution in [0.1, 0.15) is 5.56 Å². The van der Waals surface area contributed by atoms with Gasteiger partial charge in [-0.3, -0.25) is 4.79 Å². The van der Waals surface area contributed by atoms with Crippen LogP contribution in [0.2, 0.25) is 0 Å². The van der Waals surface area contributed by atoms with Gasteiger partial charge in [-0.15, -0.1) is 0 Å². The summed E-state index contributed by atoms with van der Waals surface area (Å²) in [6, 6.07) is 7.63. The van der Waals surface area contributed by atoms with Crippen molar-refractivity contribution in [1.29, 1.82) is 0 Å². The molecule has 1 aromatic rings. The Balaban J connectivity index is 1.90. The fraction of sp³-hybridized carbons (Fsp3) is 0.562. The van der Waals surface area contributed by atoms with Gasteiger partial charge in [0.1, 0.15) is 5.75 Å². The second kappa shape index (κ2) is 7.43. The average Bonchev–Trinajstić information content (AvgIpc) is 2.47. The van der Waals surface area contributed by atoms with Gasteiger partial charge in [0.2, 0.25) is 5.91 Å². The zero-order valence-electron chi connectivity index (χ0n) is 13.0. The average molecular weight is 292 g/mol. The quantitative estimate of drug-likeness (QED) is 0.813. The number of carbonyl (C=O) groups excluding carboxylic acids is 1. The van der Waals surface area contributed by atoms with Gasteiger partial charge in [-0.1, -0.05) is 18.2 Å². The summed E-state index contributed by atoms with van der Waals surface area (Å²) in [6.45, 7) is 3.18. The maximum absolute atomic E-state index is 12.3. The molecule has 0 saturated carbocycles. The van der Waals surface area contributed by atoms with Crippen LogP contribution in [0.4, 0.5) is 0 Å². The summed E-state index contributed by atoms with van der Waals surface area (Å²) < 4.78 is 11.0. The standard InChI is InChI=1S/C16H24N2O3/c1-17-8-9-21-14(11-17)12-18(2)16(19)10-13-6-4-5-7-15(13)20-3/h4-7,14H,8-12H2,1-3H3. The summed E-state index contributed by atoms with van der Waals surface area (Å²) in [4.78, 5) is 16.3. The summed E-state index contributed by atoms with van der Waals surface area (Å²) in [5, 5.41) is 0. The Morgan fingerprint density at radius 1 is 1.48 bits per heavy atom. The molecule has 1 aliphatic heterocycles. The van der Waals surface area contributed by atoms with Crippen LogP contribution in [0.3, 0.4) is 0 Å². The number of nitrogens with zero attached hydrogens (tertiary/aromatic N) is 2. The first kappa shape index (κ1) is 15.8. The van der Waals surface area contributed by atoms with Crippen molar-refractivity contribution in [3.8, 4) is 5.75 Å². The molecular weight excluding hydrogens is 268 g/mol. The lowest BCUT2D eigenvalue weighted by Crippen LogP contribution is -2.46. The lowest BCUT2D eigenvalue weighted by molar-refractivity contribution is -0.132. The number of hydrogen-bond acceptors (Lipinski definition) is 4. The molecule has 1 fully saturated rings. The molecule has 1 amide bonds. The third kappa shape index (κ3) is 4.44. The summed E-state index contributed by atoms with van der Waals surface area (Å²) in [5.41, 5.74) is 0.915. The summed E-state index contributed by atoms with van der Waals surface area (Å²) in [6.07, 6.45) is 0.443. The van der Waals surface area contributed by atoms with Gasteiger partial charge in [-0.05, 0) is 13.1 Å². The number of ether oxygens (including phenoxy) is 2. The van der Waals surface area contributed by atoms with E-state index in [-0.39, 0.29) is 12.0 Å². The summed E-state index contributed by atoms with van der Waals surface area (Å²) >= 11 is 0. The number of hydrogen-bond donors (Lipinski definition) is 0. The Labute approximate surface area is 126 Å². The smallest absolute Gasteiger partial charge is 0.226 e. The van der Waals surface area contributed by atoms with Crippen molar-refractivity contribution < 1.29 is 14.3 Å². The lowest BCUT2D eigenvalue weighted by atomic mass is 10.1. The maximum atomic E-state index is 12.3. The normalized spacial score (nSPS) is 19.3. The van der Waals surface area contributed by atoms with Crippen molar-refractivity contribution in [2.45, 2.75) is 12.5 Å². The van der Waals surface area contributed by atoms with E-state index >= 15 is 0 Å². The second-order valence-corrected chi connectivity index (χ2v) is 5.52. The maximum Gasteiger partial charge on any atom is 0.226 e. The highest BCUT2D eigenvalue weighted by Gasteiger charge is 2.21. The van der Waals surface area contributed by atoms with Crippen molar-refractivity contribution in [2.75, 3.05) is 47.4 Å². The topological polar surface area (TPSA) is 42.0 Å². The van der Waals surface area contributed by atoms with E-state index < -0.39 is 0 Å². The molecule has 2 rings (SSSR count). The van der Waals surface area contributed by atoms with Crippen LogP contribution >= 0.6 is 0 Å². The highest BCUT2D eigenvalue weighted by atomic mass is 16.5. The molecule has 1 aromatic carbocycles. The number of para-hydroxylation sites is 1. The van der Waals surface area contributed by atoms with Gasteiger partial charge in [0.05, 0.1) is 26.2 Å². The fourth-order valence-electron chi connectivity index (χ4n) is 2.53. The van der Waals surface area contributed by atoms with E-state index in [1.165, 1.54) is 0 Å². The number of morpholine rings is 1. The van der Waals surface area contributed by atoms with Crippen molar-refractivity contribution in [2.24, 2.45) is 0 Å². The third-order valence-corrected chi connectivity index (χ3v) is 3.78. The van der Waals surface area contributed by atoms with E-state index in [1.807, 2.05) is 31.3 Å². The van der Waals surface area contributed by atoms with Crippen LogP contribution in [0, 0.1) is 0 Å². The number of rotatable bonds is 5. The molecule has 1 atom stereocenters. The molecule has 21 heavy (non-hydrogen) atoms. The molecule has 116 valence electrons. The molecule has 1 heterocycles. The molecule has 1 aliphatic rings. The van der Waals surface area contributed by atoms with Gasteiger partial charge in [0.15, 0.2) is 0 Å². The number of methoxy groups -OCH3 is 1. The SMILES string of the molecule is COc1ccccc1CC(=O)N(C)CC1CN(C)CCO1. The van der Waals surface area contributed by atoms with E-state index in [0.29, 0.717) is 13.0 Å². The molecule has 5 heteroatoms. The Kier molecular flexibility index (Phi) is 5.59. The first-order chi connectivity index (χ1) is 10.1. The predicted molar refractivity (Wildman–Crippen MR) is 81.6 cm³/mol. The monoisotopic (exact) mass is 292 g/mol. The van der Waals surface area contributed by atoms with E-state index in [9.17, 15) is 4.79 Å². The van der Waals surface area contributed by atoms with Crippen molar-refractivity contribution in [3.63, 3.8) is 0 Å². The zero-order chi connectivity index (χ0) is 15.2. The van der Waals surface area contributed by atoms with Gasteiger partial charge in [-0.25, -0.2) is 0 Å². The molecule has 0 spiro atoms. The molecule has 0 radical (unpaired) electrons.